The van der Waals surface area contributed by atoms with Gasteiger partial charge in [-0.1, -0.05) is 18.6 Å². The highest BCUT2D eigenvalue weighted by Crippen LogP contribution is 2.17. The summed E-state index contributed by atoms with van der Waals surface area (Å²) in [5.74, 6) is 0.752. The lowest BCUT2D eigenvalue weighted by Crippen LogP contribution is -2.29. The number of nitrogens with zero attached hydrogens (tertiary/aromatic N) is 1. The zero-order chi connectivity index (χ0) is 13.5. The zero-order valence-corrected chi connectivity index (χ0v) is 11.3. The molecule has 1 aromatic rings. The molecular weight excluding hydrogens is 242 g/mol. The summed E-state index contributed by atoms with van der Waals surface area (Å²) >= 11 is 0. The zero-order valence-electron chi connectivity index (χ0n) is 11.3. The Hall–Kier alpha value is -1.10. The fourth-order valence-electron chi connectivity index (χ4n) is 2.35. The molecule has 2 N–H and O–H groups in total. The maximum atomic E-state index is 9.27. The van der Waals surface area contributed by atoms with Gasteiger partial charge >= 0.3 is 0 Å². The van der Waals surface area contributed by atoms with Crippen LogP contribution in [0.1, 0.15) is 24.8 Å². The highest BCUT2D eigenvalue weighted by atomic mass is 16.5. The molecule has 0 unspecified atom stereocenters. The molecule has 4 heteroatoms. The quantitative estimate of drug-likeness (QED) is 0.816. The molecule has 1 saturated heterocycles. The van der Waals surface area contributed by atoms with Crippen LogP contribution in [-0.4, -0.2) is 47.5 Å². The van der Waals surface area contributed by atoms with E-state index in [-0.39, 0.29) is 13.2 Å². The lowest BCUT2D eigenvalue weighted by atomic mass is 10.1. The van der Waals surface area contributed by atoms with Crippen LogP contribution in [0.4, 0.5) is 0 Å². The predicted octanol–water partition coefficient (Wildman–Crippen LogP) is 1.40. The van der Waals surface area contributed by atoms with Crippen molar-refractivity contribution in [1.82, 2.24) is 4.90 Å². The molecule has 1 aliphatic heterocycles. The van der Waals surface area contributed by atoms with Crippen molar-refractivity contribution in [1.29, 1.82) is 0 Å². The number of aliphatic hydroxyl groups excluding tert-OH is 2. The van der Waals surface area contributed by atoms with Crippen LogP contribution in [-0.2, 0) is 6.54 Å². The van der Waals surface area contributed by atoms with Crippen molar-refractivity contribution in [3.05, 3.63) is 29.8 Å². The van der Waals surface area contributed by atoms with Gasteiger partial charge in [-0.2, -0.15) is 0 Å². The monoisotopic (exact) mass is 265 g/mol. The van der Waals surface area contributed by atoms with E-state index in [1.807, 2.05) is 18.2 Å². The maximum absolute atomic E-state index is 9.27. The van der Waals surface area contributed by atoms with Crippen molar-refractivity contribution in [2.45, 2.75) is 31.9 Å². The summed E-state index contributed by atoms with van der Waals surface area (Å²) in [5.41, 5.74) is 1.23. The van der Waals surface area contributed by atoms with Gasteiger partial charge in [0.05, 0.1) is 6.61 Å². The second-order valence-corrected chi connectivity index (χ2v) is 5.13. The Bertz CT molecular complexity index is 377. The van der Waals surface area contributed by atoms with Crippen molar-refractivity contribution in [2.24, 2.45) is 0 Å². The molecular formula is C15H23NO3. The third-order valence-electron chi connectivity index (χ3n) is 3.41. The molecule has 0 aromatic heterocycles. The summed E-state index contributed by atoms with van der Waals surface area (Å²) in [4.78, 5) is 2.46. The molecule has 19 heavy (non-hydrogen) atoms. The normalized spacial score (nSPS) is 18.2. The molecule has 1 aliphatic rings. The molecule has 1 aromatic carbocycles. The highest BCUT2D eigenvalue weighted by Gasteiger charge is 2.11. The molecule has 0 amide bonds. The van der Waals surface area contributed by atoms with E-state index in [1.165, 1.54) is 37.9 Å². The Labute approximate surface area is 114 Å². The molecule has 106 valence electrons. The van der Waals surface area contributed by atoms with E-state index >= 15 is 0 Å². The van der Waals surface area contributed by atoms with Crippen LogP contribution in [0, 0.1) is 0 Å². The third kappa shape index (κ3) is 4.82. The van der Waals surface area contributed by atoms with Crippen LogP contribution in [0.15, 0.2) is 24.3 Å². The van der Waals surface area contributed by atoms with E-state index in [0.717, 1.165) is 12.3 Å². The number of piperidine rings is 1. The van der Waals surface area contributed by atoms with Gasteiger partial charge in [-0.15, -0.1) is 0 Å². The van der Waals surface area contributed by atoms with Crippen molar-refractivity contribution in [2.75, 3.05) is 26.3 Å². The Morgan fingerprint density at radius 1 is 1.21 bits per heavy atom. The number of hydrogen-bond acceptors (Lipinski definition) is 4. The Kier molecular flexibility index (Phi) is 5.63. The molecule has 1 heterocycles. The largest absolute Gasteiger partial charge is 0.491 e. The van der Waals surface area contributed by atoms with Crippen molar-refractivity contribution < 1.29 is 14.9 Å². The number of likely N-dealkylation sites (tertiary alicyclic amines) is 1. The number of ether oxygens (including phenoxy) is 1. The first-order valence-corrected chi connectivity index (χ1v) is 7.01. The predicted molar refractivity (Wildman–Crippen MR) is 74.2 cm³/mol. The van der Waals surface area contributed by atoms with Crippen molar-refractivity contribution in [3.8, 4) is 5.75 Å². The average molecular weight is 265 g/mol. The summed E-state index contributed by atoms with van der Waals surface area (Å²) in [6.45, 7) is 3.17. The van der Waals surface area contributed by atoms with Gasteiger partial charge in [-0.3, -0.25) is 4.90 Å². The Morgan fingerprint density at radius 3 is 2.74 bits per heavy atom. The van der Waals surface area contributed by atoms with Gasteiger partial charge < -0.3 is 14.9 Å². The van der Waals surface area contributed by atoms with Crippen LogP contribution >= 0.6 is 0 Å². The smallest absolute Gasteiger partial charge is 0.119 e. The van der Waals surface area contributed by atoms with E-state index in [2.05, 4.69) is 11.0 Å². The average Bonchev–Trinajstić information content (AvgIpc) is 2.46. The number of aliphatic hydroxyl groups is 2. The topological polar surface area (TPSA) is 52.9 Å². The molecule has 4 nitrogen and oxygen atoms in total. The van der Waals surface area contributed by atoms with Crippen LogP contribution in [0.2, 0.25) is 0 Å². The standard InChI is InChI=1S/C15H23NO3/c17-11-14(18)12-19-15-6-4-5-13(9-15)10-16-7-2-1-3-8-16/h4-6,9,14,17-18H,1-3,7-8,10-12H2/t14-/m0/s1. The van der Waals surface area contributed by atoms with Gasteiger partial charge in [0.1, 0.15) is 18.5 Å². The van der Waals surface area contributed by atoms with Crippen LogP contribution in [0.25, 0.3) is 0 Å². The number of rotatable bonds is 6. The minimum absolute atomic E-state index is 0.129. The fourth-order valence-corrected chi connectivity index (χ4v) is 2.35. The minimum atomic E-state index is -0.814. The van der Waals surface area contributed by atoms with Gasteiger partial charge in [0, 0.05) is 6.54 Å². The second kappa shape index (κ2) is 7.48. The summed E-state index contributed by atoms with van der Waals surface area (Å²) in [5, 5.41) is 18.0. The summed E-state index contributed by atoms with van der Waals surface area (Å²) < 4.78 is 5.46. The highest BCUT2D eigenvalue weighted by molar-refractivity contribution is 5.28. The number of hydrogen-bond donors (Lipinski definition) is 2. The maximum Gasteiger partial charge on any atom is 0.119 e. The fraction of sp³-hybridized carbons (Fsp3) is 0.600. The second-order valence-electron chi connectivity index (χ2n) is 5.13. The van der Waals surface area contributed by atoms with Gasteiger partial charge in [-0.05, 0) is 43.6 Å². The Balaban J connectivity index is 1.87. The van der Waals surface area contributed by atoms with E-state index in [9.17, 15) is 5.11 Å². The molecule has 2 rings (SSSR count). The van der Waals surface area contributed by atoms with Gasteiger partial charge in [0.15, 0.2) is 0 Å². The third-order valence-corrected chi connectivity index (χ3v) is 3.41. The molecule has 0 radical (unpaired) electrons. The lowest BCUT2D eigenvalue weighted by Gasteiger charge is -2.26. The van der Waals surface area contributed by atoms with Crippen molar-refractivity contribution in [3.63, 3.8) is 0 Å². The van der Waals surface area contributed by atoms with Crippen molar-refractivity contribution >= 4 is 0 Å². The molecule has 1 atom stereocenters. The van der Waals surface area contributed by atoms with Gasteiger partial charge in [0.2, 0.25) is 0 Å². The first kappa shape index (κ1) is 14.3. The molecule has 0 spiro atoms. The summed E-state index contributed by atoms with van der Waals surface area (Å²) in [7, 11) is 0. The van der Waals surface area contributed by atoms with E-state index in [4.69, 9.17) is 9.84 Å². The minimum Gasteiger partial charge on any atom is -0.491 e. The van der Waals surface area contributed by atoms with Gasteiger partial charge in [0.25, 0.3) is 0 Å². The summed E-state index contributed by atoms with van der Waals surface area (Å²) in [6.07, 6.45) is 3.11. The van der Waals surface area contributed by atoms with Crippen LogP contribution in [0.5, 0.6) is 5.75 Å². The number of benzene rings is 1. The van der Waals surface area contributed by atoms with E-state index in [1.54, 1.807) is 0 Å². The van der Waals surface area contributed by atoms with Crippen LogP contribution < -0.4 is 4.74 Å². The molecule has 0 aliphatic carbocycles. The SMILES string of the molecule is OC[C@H](O)COc1cccc(CN2CCCCC2)c1. The first-order valence-electron chi connectivity index (χ1n) is 7.01. The van der Waals surface area contributed by atoms with E-state index < -0.39 is 6.10 Å². The molecule has 1 fully saturated rings. The van der Waals surface area contributed by atoms with E-state index in [0.29, 0.717) is 0 Å². The Morgan fingerprint density at radius 2 is 2.00 bits per heavy atom. The summed E-state index contributed by atoms with van der Waals surface area (Å²) in [6, 6.07) is 7.96. The lowest BCUT2D eigenvalue weighted by molar-refractivity contribution is 0.0535. The molecule has 0 saturated carbocycles. The molecule has 0 bridgehead atoms. The van der Waals surface area contributed by atoms with Crippen LogP contribution in [0.3, 0.4) is 0 Å². The van der Waals surface area contributed by atoms with Gasteiger partial charge in [-0.25, -0.2) is 0 Å². The first-order chi connectivity index (χ1) is 9.28.